The molecule has 1 atom stereocenters. The Morgan fingerprint density at radius 3 is 2.38 bits per heavy atom. The number of carbonyl (C=O) groups excluding carboxylic acids is 1. The van der Waals surface area contributed by atoms with Crippen LogP contribution in [-0.4, -0.2) is 25.9 Å². The number of carbonyl (C=O) groups is 1. The summed E-state index contributed by atoms with van der Waals surface area (Å²) >= 11 is 13.8. The lowest BCUT2D eigenvalue weighted by molar-refractivity contribution is -0.119. The summed E-state index contributed by atoms with van der Waals surface area (Å²) in [6.07, 6.45) is 0. The van der Waals surface area contributed by atoms with Crippen LogP contribution in [0.25, 0.3) is 0 Å². The molecule has 0 aliphatic heterocycles. The van der Waals surface area contributed by atoms with E-state index in [1.165, 1.54) is 11.8 Å². The van der Waals surface area contributed by atoms with E-state index in [-0.39, 0.29) is 11.9 Å². The standard InChI is InChI=1S/C19H21Cl2NO3S/c1-12(13-7-8-17(24-2)18(9-13)25-3)22-19(23)11-26-10-14-15(20)5-4-6-16(14)21/h4-9,12H,10-11H2,1-3H3,(H,22,23)/t12-/m1/s1. The monoisotopic (exact) mass is 413 g/mol. The first-order valence-electron chi connectivity index (χ1n) is 7.98. The highest BCUT2D eigenvalue weighted by Crippen LogP contribution is 2.30. The van der Waals surface area contributed by atoms with E-state index < -0.39 is 0 Å². The Balaban J connectivity index is 1.89. The average Bonchev–Trinajstić information content (AvgIpc) is 2.63. The lowest BCUT2D eigenvalue weighted by atomic mass is 10.1. The van der Waals surface area contributed by atoms with Crippen LogP contribution in [0.5, 0.6) is 11.5 Å². The molecule has 0 unspecified atom stereocenters. The molecule has 2 aromatic rings. The molecule has 1 N–H and O–H groups in total. The molecule has 2 aromatic carbocycles. The summed E-state index contributed by atoms with van der Waals surface area (Å²) in [4.78, 5) is 12.2. The second kappa shape index (κ2) is 9.95. The summed E-state index contributed by atoms with van der Waals surface area (Å²) in [6, 6.07) is 10.8. The van der Waals surface area contributed by atoms with Crippen molar-refractivity contribution in [2.45, 2.75) is 18.7 Å². The molecule has 0 radical (unpaired) electrons. The summed E-state index contributed by atoms with van der Waals surface area (Å²) < 4.78 is 10.5. The van der Waals surface area contributed by atoms with E-state index in [9.17, 15) is 4.79 Å². The second-order valence-corrected chi connectivity index (χ2v) is 7.40. The maximum Gasteiger partial charge on any atom is 0.230 e. The fraction of sp³-hybridized carbons (Fsp3) is 0.316. The van der Waals surface area contributed by atoms with E-state index in [1.807, 2.05) is 25.1 Å². The molecule has 0 aliphatic rings. The molecule has 0 heterocycles. The molecule has 0 aliphatic carbocycles. The Bertz CT molecular complexity index is 750. The van der Waals surface area contributed by atoms with Gasteiger partial charge in [0.25, 0.3) is 0 Å². The molecule has 7 heteroatoms. The second-order valence-electron chi connectivity index (χ2n) is 5.60. The largest absolute Gasteiger partial charge is 0.493 e. The summed E-state index contributed by atoms with van der Waals surface area (Å²) in [5.41, 5.74) is 1.79. The third kappa shape index (κ3) is 5.47. The van der Waals surface area contributed by atoms with Crippen LogP contribution < -0.4 is 14.8 Å². The van der Waals surface area contributed by atoms with Crippen LogP contribution in [0.1, 0.15) is 24.1 Å². The fourth-order valence-corrected chi connectivity index (χ4v) is 3.98. The Labute approximate surface area is 168 Å². The summed E-state index contributed by atoms with van der Waals surface area (Å²) in [5.74, 6) is 2.13. The van der Waals surface area contributed by atoms with Crippen LogP contribution in [0.4, 0.5) is 0 Å². The van der Waals surface area contributed by atoms with E-state index in [0.29, 0.717) is 33.0 Å². The van der Waals surface area contributed by atoms with Gasteiger partial charge >= 0.3 is 0 Å². The van der Waals surface area contributed by atoms with Crippen LogP contribution in [0.15, 0.2) is 36.4 Å². The lowest BCUT2D eigenvalue weighted by Crippen LogP contribution is -2.28. The predicted molar refractivity (Wildman–Crippen MR) is 109 cm³/mol. The van der Waals surface area contributed by atoms with Crippen LogP contribution in [0.2, 0.25) is 10.0 Å². The molecule has 2 rings (SSSR count). The van der Waals surface area contributed by atoms with E-state index >= 15 is 0 Å². The molecule has 0 spiro atoms. The topological polar surface area (TPSA) is 47.6 Å². The van der Waals surface area contributed by atoms with E-state index in [2.05, 4.69) is 5.32 Å². The fourth-order valence-electron chi connectivity index (χ4n) is 2.40. The number of rotatable bonds is 8. The Morgan fingerprint density at radius 2 is 1.77 bits per heavy atom. The van der Waals surface area contributed by atoms with Crippen LogP contribution >= 0.6 is 35.0 Å². The summed E-state index contributed by atoms with van der Waals surface area (Å²) in [7, 11) is 3.17. The first kappa shape index (κ1) is 20.7. The van der Waals surface area contributed by atoms with Gasteiger partial charge in [-0.25, -0.2) is 0 Å². The van der Waals surface area contributed by atoms with Crippen molar-refractivity contribution in [3.05, 3.63) is 57.6 Å². The molecule has 0 fully saturated rings. The molecule has 0 bridgehead atoms. The van der Waals surface area contributed by atoms with Gasteiger partial charge in [0.05, 0.1) is 26.0 Å². The predicted octanol–water partition coefficient (Wildman–Crippen LogP) is 5.12. The quantitative estimate of drug-likeness (QED) is 0.651. The van der Waals surface area contributed by atoms with Gasteiger partial charge in [-0.2, -0.15) is 0 Å². The van der Waals surface area contributed by atoms with Gasteiger partial charge in [0, 0.05) is 15.8 Å². The molecule has 26 heavy (non-hydrogen) atoms. The molecule has 0 saturated carbocycles. The molecule has 0 aromatic heterocycles. The minimum Gasteiger partial charge on any atom is -0.493 e. The lowest BCUT2D eigenvalue weighted by Gasteiger charge is -2.16. The van der Waals surface area contributed by atoms with Crippen molar-refractivity contribution in [2.24, 2.45) is 0 Å². The Morgan fingerprint density at radius 1 is 1.12 bits per heavy atom. The van der Waals surface area contributed by atoms with Crippen molar-refractivity contribution in [1.82, 2.24) is 5.32 Å². The first-order chi connectivity index (χ1) is 12.5. The molecular weight excluding hydrogens is 393 g/mol. The molecule has 1 amide bonds. The summed E-state index contributed by atoms with van der Waals surface area (Å²) in [6.45, 7) is 1.93. The van der Waals surface area contributed by atoms with E-state index in [1.54, 1.807) is 32.4 Å². The van der Waals surface area contributed by atoms with Gasteiger partial charge in [-0.3, -0.25) is 4.79 Å². The maximum atomic E-state index is 12.2. The number of methoxy groups -OCH3 is 2. The zero-order valence-electron chi connectivity index (χ0n) is 14.8. The van der Waals surface area contributed by atoms with Crippen LogP contribution in [0.3, 0.4) is 0 Å². The van der Waals surface area contributed by atoms with Crippen molar-refractivity contribution in [2.75, 3.05) is 20.0 Å². The third-order valence-electron chi connectivity index (χ3n) is 3.83. The minimum atomic E-state index is -0.146. The van der Waals surface area contributed by atoms with Gasteiger partial charge in [0.2, 0.25) is 5.91 Å². The zero-order chi connectivity index (χ0) is 19.1. The van der Waals surface area contributed by atoms with Gasteiger partial charge < -0.3 is 14.8 Å². The zero-order valence-corrected chi connectivity index (χ0v) is 17.2. The van der Waals surface area contributed by atoms with Crippen molar-refractivity contribution in [3.8, 4) is 11.5 Å². The number of hydrogen-bond donors (Lipinski definition) is 1. The highest BCUT2D eigenvalue weighted by Gasteiger charge is 2.13. The minimum absolute atomic E-state index is 0.0551. The Kier molecular flexibility index (Phi) is 7.94. The third-order valence-corrected chi connectivity index (χ3v) is 5.49. The van der Waals surface area contributed by atoms with Crippen LogP contribution in [0, 0.1) is 0 Å². The Hall–Kier alpha value is -1.56. The van der Waals surface area contributed by atoms with E-state index in [4.69, 9.17) is 32.7 Å². The summed E-state index contributed by atoms with van der Waals surface area (Å²) in [5, 5.41) is 4.21. The normalized spacial score (nSPS) is 11.7. The average molecular weight is 414 g/mol. The first-order valence-corrected chi connectivity index (χ1v) is 9.89. The highest BCUT2D eigenvalue weighted by molar-refractivity contribution is 7.99. The SMILES string of the molecule is COc1ccc([C@@H](C)NC(=O)CSCc2c(Cl)cccc2Cl)cc1OC. The molecule has 0 saturated heterocycles. The van der Waals surface area contributed by atoms with Gasteiger partial charge in [0.15, 0.2) is 11.5 Å². The van der Waals surface area contributed by atoms with Crippen molar-refractivity contribution in [1.29, 1.82) is 0 Å². The highest BCUT2D eigenvalue weighted by atomic mass is 35.5. The maximum absolute atomic E-state index is 12.2. The van der Waals surface area contributed by atoms with Crippen molar-refractivity contribution < 1.29 is 14.3 Å². The molecular formula is C19H21Cl2NO3S. The van der Waals surface area contributed by atoms with Gasteiger partial charge in [-0.15, -0.1) is 11.8 Å². The number of thioether (sulfide) groups is 1. The van der Waals surface area contributed by atoms with Gasteiger partial charge in [-0.1, -0.05) is 35.3 Å². The van der Waals surface area contributed by atoms with Gasteiger partial charge in [-0.05, 0) is 42.3 Å². The van der Waals surface area contributed by atoms with Crippen LogP contribution in [-0.2, 0) is 10.5 Å². The number of benzene rings is 2. The van der Waals surface area contributed by atoms with E-state index in [0.717, 1.165) is 11.1 Å². The number of nitrogens with one attached hydrogen (secondary N) is 1. The smallest absolute Gasteiger partial charge is 0.230 e. The van der Waals surface area contributed by atoms with Crippen molar-refractivity contribution in [3.63, 3.8) is 0 Å². The van der Waals surface area contributed by atoms with Gasteiger partial charge in [0.1, 0.15) is 0 Å². The molecule has 4 nitrogen and oxygen atoms in total. The number of ether oxygens (including phenoxy) is 2. The van der Waals surface area contributed by atoms with Crippen molar-refractivity contribution >= 4 is 40.9 Å². The molecule has 140 valence electrons. The number of halogens is 2. The number of amides is 1. The number of hydrogen-bond acceptors (Lipinski definition) is 4.